The summed E-state index contributed by atoms with van der Waals surface area (Å²) in [6.45, 7) is 2.65. The number of hydrogen-bond donors (Lipinski definition) is 1. The maximum atomic E-state index is 12.2. The normalized spacial score (nSPS) is 22.6. The van der Waals surface area contributed by atoms with Gasteiger partial charge < -0.3 is 0 Å². The number of nitrogens with zero attached hydrogens (tertiary/aromatic N) is 1. The topological polar surface area (TPSA) is 70.0 Å². The van der Waals surface area contributed by atoms with E-state index in [4.69, 9.17) is 16.9 Å². The molecule has 0 saturated heterocycles. The van der Waals surface area contributed by atoms with Gasteiger partial charge in [-0.05, 0) is 42.9 Å². The molecule has 1 N–H and O–H groups in total. The minimum Gasteiger partial charge on any atom is -0.211 e. The summed E-state index contributed by atoms with van der Waals surface area (Å²) in [5, 5.41) is 8.94. The van der Waals surface area contributed by atoms with Gasteiger partial charge in [0.05, 0.1) is 15.5 Å². The maximum absolute atomic E-state index is 12.2. The summed E-state index contributed by atoms with van der Waals surface area (Å²) in [6, 6.07) is 6.06. The molecule has 0 aliphatic heterocycles. The number of rotatable bonds is 4. The number of hydrogen-bond acceptors (Lipinski definition) is 3. The highest BCUT2D eigenvalue weighted by Gasteiger charge is 2.23. The van der Waals surface area contributed by atoms with Crippen LogP contribution in [-0.2, 0) is 10.0 Å². The molecule has 0 aromatic heterocycles. The lowest BCUT2D eigenvalue weighted by molar-refractivity contribution is 0.498. The maximum Gasteiger partial charge on any atom is 0.240 e. The zero-order chi connectivity index (χ0) is 14.8. The van der Waals surface area contributed by atoms with Gasteiger partial charge in [0, 0.05) is 6.54 Å². The molecular formula is C14H17ClN2O2S. The van der Waals surface area contributed by atoms with Crippen molar-refractivity contribution in [3.8, 4) is 6.07 Å². The first-order valence-corrected chi connectivity index (χ1v) is 8.48. The molecule has 1 saturated carbocycles. The zero-order valence-electron chi connectivity index (χ0n) is 11.3. The van der Waals surface area contributed by atoms with Crippen LogP contribution in [0, 0.1) is 23.2 Å². The van der Waals surface area contributed by atoms with Crippen molar-refractivity contribution in [3.63, 3.8) is 0 Å². The number of benzene rings is 1. The monoisotopic (exact) mass is 312 g/mol. The van der Waals surface area contributed by atoms with Crippen molar-refractivity contribution in [2.24, 2.45) is 11.8 Å². The third kappa shape index (κ3) is 3.51. The van der Waals surface area contributed by atoms with Crippen LogP contribution in [0.15, 0.2) is 23.1 Å². The SMILES string of the molecule is CC1CCC(CNS(=O)(=O)c2ccc(C#N)c(Cl)c2)C1. The highest BCUT2D eigenvalue weighted by molar-refractivity contribution is 7.89. The second-order valence-electron chi connectivity index (χ2n) is 5.39. The fourth-order valence-electron chi connectivity index (χ4n) is 2.57. The summed E-state index contributed by atoms with van der Waals surface area (Å²) < 4.78 is 27.0. The van der Waals surface area contributed by atoms with Crippen LogP contribution in [0.5, 0.6) is 0 Å². The van der Waals surface area contributed by atoms with E-state index in [1.54, 1.807) is 0 Å². The lowest BCUT2D eigenvalue weighted by atomic mass is 10.1. The van der Waals surface area contributed by atoms with Gasteiger partial charge in [-0.3, -0.25) is 0 Å². The predicted octanol–water partition coefficient (Wildman–Crippen LogP) is 2.93. The molecule has 0 spiro atoms. The van der Waals surface area contributed by atoms with Gasteiger partial charge in [0.2, 0.25) is 10.0 Å². The van der Waals surface area contributed by atoms with E-state index >= 15 is 0 Å². The van der Waals surface area contributed by atoms with Gasteiger partial charge in [-0.2, -0.15) is 5.26 Å². The van der Waals surface area contributed by atoms with Crippen LogP contribution in [0.3, 0.4) is 0 Å². The summed E-state index contributed by atoms with van der Waals surface area (Å²) in [5.74, 6) is 1.09. The third-order valence-corrected chi connectivity index (χ3v) is 5.47. The molecule has 1 aliphatic rings. The minimum absolute atomic E-state index is 0.104. The first kappa shape index (κ1) is 15.3. The molecule has 2 rings (SSSR count). The van der Waals surface area contributed by atoms with Gasteiger partial charge >= 0.3 is 0 Å². The van der Waals surface area contributed by atoms with Gasteiger partial charge in [-0.1, -0.05) is 24.9 Å². The van der Waals surface area contributed by atoms with Crippen LogP contribution < -0.4 is 4.72 Å². The largest absolute Gasteiger partial charge is 0.240 e. The minimum atomic E-state index is -3.56. The molecule has 1 aromatic rings. The summed E-state index contributed by atoms with van der Waals surface area (Å²) in [7, 11) is -3.56. The van der Waals surface area contributed by atoms with Crippen molar-refractivity contribution in [3.05, 3.63) is 28.8 Å². The molecule has 0 bridgehead atoms. The lowest BCUT2D eigenvalue weighted by Crippen LogP contribution is -2.28. The van der Waals surface area contributed by atoms with E-state index in [-0.39, 0.29) is 15.5 Å². The van der Waals surface area contributed by atoms with Crippen LogP contribution >= 0.6 is 11.6 Å². The first-order valence-electron chi connectivity index (χ1n) is 6.61. The Kier molecular flexibility index (Phi) is 4.69. The Morgan fingerprint density at radius 3 is 2.75 bits per heavy atom. The number of halogens is 1. The fourth-order valence-corrected chi connectivity index (χ4v) is 4.00. The van der Waals surface area contributed by atoms with Crippen molar-refractivity contribution in [2.45, 2.75) is 31.1 Å². The van der Waals surface area contributed by atoms with E-state index in [0.29, 0.717) is 18.4 Å². The van der Waals surface area contributed by atoms with Crippen molar-refractivity contribution in [1.29, 1.82) is 5.26 Å². The van der Waals surface area contributed by atoms with Crippen LogP contribution in [-0.4, -0.2) is 15.0 Å². The third-order valence-electron chi connectivity index (χ3n) is 3.74. The van der Waals surface area contributed by atoms with E-state index in [0.717, 1.165) is 19.3 Å². The molecule has 2 atom stereocenters. The van der Waals surface area contributed by atoms with Crippen molar-refractivity contribution >= 4 is 21.6 Å². The Labute approximate surface area is 124 Å². The predicted molar refractivity (Wildman–Crippen MR) is 77.9 cm³/mol. The molecule has 1 fully saturated rings. The Hall–Kier alpha value is -1.09. The molecule has 4 nitrogen and oxygen atoms in total. The molecular weight excluding hydrogens is 296 g/mol. The Morgan fingerprint density at radius 2 is 2.20 bits per heavy atom. The molecule has 1 aromatic carbocycles. The van der Waals surface area contributed by atoms with Gasteiger partial charge in [0.15, 0.2) is 0 Å². The summed E-state index contributed by atoms with van der Waals surface area (Å²) in [5.41, 5.74) is 0.273. The Morgan fingerprint density at radius 1 is 1.45 bits per heavy atom. The molecule has 0 amide bonds. The number of sulfonamides is 1. The molecule has 0 radical (unpaired) electrons. The van der Waals surface area contributed by atoms with E-state index in [9.17, 15) is 8.42 Å². The molecule has 108 valence electrons. The van der Waals surface area contributed by atoms with E-state index in [2.05, 4.69) is 11.6 Å². The number of nitrogens with one attached hydrogen (secondary N) is 1. The van der Waals surface area contributed by atoms with E-state index < -0.39 is 10.0 Å². The lowest BCUT2D eigenvalue weighted by Gasteiger charge is -2.12. The second-order valence-corrected chi connectivity index (χ2v) is 7.56. The quantitative estimate of drug-likeness (QED) is 0.929. The first-order chi connectivity index (χ1) is 9.42. The van der Waals surface area contributed by atoms with Crippen molar-refractivity contribution in [2.75, 3.05) is 6.54 Å². The van der Waals surface area contributed by atoms with Gasteiger partial charge in [0.1, 0.15) is 6.07 Å². The summed E-state index contributed by atoms with van der Waals surface area (Å²) in [6.07, 6.45) is 3.30. The molecule has 1 aliphatic carbocycles. The molecule has 6 heteroatoms. The fraction of sp³-hybridized carbons (Fsp3) is 0.500. The smallest absolute Gasteiger partial charge is 0.211 e. The number of nitriles is 1. The summed E-state index contributed by atoms with van der Waals surface area (Å²) in [4.78, 5) is 0.104. The van der Waals surface area contributed by atoms with E-state index in [1.165, 1.54) is 18.2 Å². The summed E-state index contributed by atoms with van der Waals surface area (Å²) >= 11 is 5.87. The van der Waals surface area contributed by atoms with E-state index in [1.807, 2.05) is 6.07 Å². The van der Waals surface area contributed by atoms with Gasteiger partial charge in [-0.15, -0.1) is 0 Å². The van der Waals surface area contributed by atoms with Crippen LogP contribution in [0.1, 0.15) is 31.7 Å². The average molecular weight is 313 g/mol. The highest BCUT2D eigenvalue weighted by atomic mass is 35.5. The molecule has 0 heterocycles. The van der Waals surface area contributed by atoms with Crippen LogP contribution in [0.4, 0.5) is 0 Å². The van der Waals surface area contributed by atoms with Crippen LogP contribution in [0.2, 0.25) is 5.02 Å². The zero-order valence-corrected chi connectivity index (χ0v) is 12.8. The Bertz CT molecular complexity index is 637. The average Bonchev–Trinajstić information content (AvgIpc) is 2.82. The van der Waals surface area contributed by atoms with Crippen LogP contribution in [0.25, 0.3) is 0 Å². The van der Waals surface area contributed by atoms with Crippen molar-refractivity contribution < 1.29 is 8.42 Å². The standard InChI is InChI=1S/C14H17ClN2O2S/c1-10-2-3-11(6-10)9-17-20(18,19)13-5-4-12(8-16)14(15)7-13/h4-5,7,10-11,17H,2-3,6,9H2,1H3. The highest BCUT2D eigenvalue weighted by Crippen LogP contribution is 2.30. The molecule has 2 unspecified atom stereocenters. The second kappa shape index (κ2) is 6.13. The Balaban J connectivity index is 2.07. The van der Waals surface area contributed by atoms with Gasteiger partial charge in [0.25, 0.3) is 0 Å². The molecule has 20 heavy (non-hydrogen) atoms. The van der Waals surface area contributed by atoms with Crippen molar-refractivity contribution in [1.82, 2.24) is 4.72 Å². The van der Waals surface area contributed by atoms with Gasteiger partial charge in [-0.25, -0.2) is 13.1 Å².